The lowest BCUT2D eigenvalue weighted by Crippen LogP contribution is -2.55. The van der Waals surface area contributed by atoms with Crippen molar-refractivity contribution in [2.24, 2.45) is 0 Å². The minimum atomic E-state index is -3.71. The van der Waals surface area contributed by atoms with E-state index in [-0.39, 0.29) is 6.04 Å². The van der Waals surface area contributed by atoms with Gasteiger partial charge in [-0.3, -0.25) is 4.79 Å². The third-order valence-corrected chi connectivity index (χ3v) is 6.66. The van der Waals surface area contributed by atoms with Crippen LogP contribution in [0.5, 0.6) is 0 Å². The highest BCUT2D eigenvalue weighted by atomic mass is 32.2. The van der Waals surface area contributed by atoms with E-state index in [1.807, 2.05) is 7.05 Å². The van der Waals surface area contributed by atoms with Crippen molar-refractivity contribution in [3.05, 3.63) is 0 Å². The second kappa shape index (κ2) is 6.60. The van der Waals surface area contributed by atoms with Gasteiger partial charge in [0.1, 0.15) is 6.04 Å². The molecule has 2 heterocycles. The Bertz CT molecular complexity index is 474. The molecule has 0 aromatic carbocycles. The lowest BCUT2D eigenvalue weighted by atomic mass is 10.1. The molecule has 2 saturated heterocycles. The van der Waals surface area contributed by atoms with Crippen molar-refractivity contribution < 1.29 is 18.3 Å². The Morgan fingerprint density at radius 3 is 2.33 bits per heavy atom. The van der Waals surface area contributed by atoms with Crippen LogP contribution < -0.4 is 0 Å². The van der Waals surface area contributed by atoms with Crippen molar-refractivity contribution in [3.8, 4) is 0 Å². The first-order chi connectivity index (χ1) is 9.84. The number of hydrogen-bond donors (Lipinski definition) is 1. The molecule has 1 unspecified atom stereocenters. The molecule has 0 radical (unpaired) electrons. The number of carboxylic acid groups (broad SMARTS) is 1. The zero-order valence-corrected chi connectivity index (χ0v) is 13.5. The molecule has 0 saturated carbocycles. The van der Waals surface area contributed by atoms with Crippen molar-refractivity contribution in [1.29, 1.82) is 0 Å². The third kappa shape index (κ3) is 3.56. The maximum Gasteiger partial charge on any atom is 0.322 e. The van der Waals surface area contributed by atoms with E-state index in [2.05, 4.69) is 4.90 Å². The average Bonchev–Trinajstić information content (AvgIpc) is 2.47. The van der Waals surface area contributed by atoms with Crippen LogP contribution in [-0.4, -0.2) is 78.8 Å². The number of carboxylic acids is 1. The molecule has 1 atom stereocenters. The summed E-state index contributed by atoms with van der Waals surface area (Å²) in [6, 6.07) is -0.958. The van der Waals surface area contributed by atoms with E-state index < -0.39 is 22.2 Å². The first-order valence-electron chi connectivity index (χ1n) is 7.50. The van der Waals surface area contributed by atoms with Crippen molar-refractivity contribution in [1.82, 2.24) is 13.5 Å². The number of piperidine rings is 2. The van der Waals surface area contributed by atoms with E-state index in [9.17, 15) is 18.3 Å². The summed E-state index contributed by atoms with van der Waals surface area (Å²) in [4.78, 5) is 13.5. The monoisotopic (exact) mass is 319 g/mol. The molecular weight excluding hydrogens is 294 g/mol. The molecule has 0 spiro atoms. The molecule has 1 N–H and O–H groups in total. The Morgan fingerprint density at radius 2 is 1.76 bits per heavy atom. The van der Waals surface area contributed by atoms with Gasteiger partial charge in [-0.25, -0.2) is 0 Å². The van der Waals surface area contributed by atoms with E-state index in [1.54, 1.807) is 7.05 Å². The topological polar surface area (TPSA) is 81.2 Å². The fraction of sp³-hybridized carbons (Fsp3) is 0.923. The van der Waals surface area contributed by atoms with Gasteiger partial charge in [0, 0.05) is 19.6 Å². The van der Waals surface area contributed by atoms with E-state index in [1.165, 1.54) is 8.61 Å². The zero-order valence-electron chi connectivity index (χ0n) is 12.7. The van der Waals surface area contributed by atoms with Crippen molar-refractivity contribution in [2.45, 2.75) is 44.2 Å². The minimum Gasteiger partial charge on any atom is -0.480 e. The first kappa shape index (κ1) is 16.7. The minimum absolute atomic E-state index is 0.0393. The van der Waals surface area contributed by atoms with Crippen LogP contribution in [0, 0.1) is 0 Å². The second-order valence-electron chi connectivity index (χ2n) is 6.02. The van der Waals surface area contributed by atoms with Crippen LogP contribution in [0.2, 0.25) is 0 Å². The predicted octanol–water partition coefficient (Wildman–Crippen LogP) is 0.196. The number of aliphatic carboxylic acids is 1. The van der Waals surface area contributed by atoms with Crippen LogP contribution in [0.4, 0.5) is 0 Å². The molecule has 0 aromatic heterocycles. The van der Waals surface area contributed by atoms with Gasteiger partial charge in [0.05, 0.1) is 0 Å². The van der Waals surface area contributed by atoms with Gasteiger partial charge in [0.25, 0.3) is 10.2 Å². The number of nitrogens with zero attached hydrogens (tertiary/aromatic N) is 3. The zero-order chi connectivity index (χ0) is 15.6. The molecule has 2 aliphatic rings. The summed E-state index contributed by atoms with van der Waals surface area (Å²) >= 11 is 0. The Balaban J connectivity index is 2.13. The van der Waals surface area contributed by atoms with Gasteiger partial charge in [0.2, 0.25) is 0 Å². The Labute approximate surface area is 126 Å². The van der Waals surface area contributed by atoms with Crippen molar-refractivity contribution in [2.75, 3.05) is 33.7 Å². The van der Waals surface area contributed by atoms with Crippen LogP contribution >= 0.6 is 0 Å². The van der Waals surface area contributed by atoms with E-state index >= 15 is 0 Å². The highest BCUT2D eigenvalue weighted by molar-refractivity contribution is 7.86. The van der Waals surface area contributed by atoms with Crippen LogP contribution in [0.25, 0.3) is 0 Å². The van der Waals surface area contributed by atoms with Crippen LogP contribution in [0.15, 0.2) is 0 Å². The Hall–Kier alpha value is -0.700. The van der Waals surface area contributed by atoms with Gasteiger partial charge in [-0.05, 0) is 52.2 Å². The number of rotatable bonds is 4. The van der Waals surface area contributed by atoms with Gasteiger partial charge in [0.15, 0.2) is 0 Å². The largest absolute Gasteiger partial charge is 0.480 e. The highest BCUT2D eigenvalue weighted by Gasteiger charge is 2.41. The van der Waals surface area contributed by atoms with Gasteiger partial charge in [-0.15, -0.1) is 0 Å². The highest BCUT2D eigenvalue weighted by Crippen LogP contribution is 2.25. The number of likely N-dealkylation sites (tertiary alicyclic amines) is 1. The van der Waals surface area contributed by atoms with E-state index in [4.69, 9.17) is 0 Å². The summed E-state index contributed by atoms with van der Waals surface area (Å²) in [5, 5.41) is 9.27. The third-order valence-electron chi connectivity index (χ3n) is 4.60. The van der Waals surface area contributed by atoms with Crippen LogP contribution in [0.1, 0.15) is 32.1 Å². The van der Waals surface area contributed by atoms with Gasteiger partial charge < -0.3 is 10.0 Å². The molecule has 122 valence electrons. The lowest BCUT2D eigenvalue weighted by Gasteiger charge is -2.39. The predicted molar refractivity (Wildman–Crippen MR) is 79.2 cm³/mol. The summed E-state index contributed by atoms with van der Waals surface area (Å²) < 4.78 is 28.1. The molecule has 8 heteroatoms. The smallest absolute Gasteiger partial charge is 0.322 e. The molecule has 0 bridgehead atoms. The second-order valence-corrected chi connectivity index (χ2v) is 7.96. The molecule has 21 heavy (non-hydrogen) atoms. The van der Waals surface area contributed by atoms with E-state index in [0.29, 0.717) is 13.0 Å². The molecule has 7 nitrogen and oxygen atoms in total. The SMILES string of the molecule is CN1CCC(N(C)S(=O)(=O)N2CCCCC2C(=O)O)CC1. The van der Waals surface area contributed by atoms with Gasteiger partial charge >= 0.3 is 5.97 Å². The Kier molecular flexibility index (Phi) is 5.24. The average molecular weight is 319 g/mol. The normalized spacial score (nSPS) is 27.1. The summed E-state index contributed by atoms with van der Waals surface area (Å²) in [7, 11) is -0.100. The van der Waals surface area contributed by atoms with Crippen molar-refractivity contribution in [3.63, 3.8) is 0 Å². The quantitative estimate of drug-likeness (QED) is 0.800. The summed E-state index contributed by atoms with van der Waals surface area (Å²) in [5.74, 6) is -1.05. The molecule has 0 aromatic rings. The molecule has 0 amide bonds. The summed E-state index contributed by atoms with van der Waals surface area (Å²) in [5.41, 5.74) is 0. The lowest BCUT2D eigenvalue weighted by molar-refractivity contribution is -0.142. The van der Waals surface area contributed by atoms with Gasteiger partial charge in [-0.1, -0.05) is 0 Å². The number of hydrogen-bond acceptors (Lipinski definition) is 4. The maximum atomic E-state index is 12.8. The van der Waals surface area contributed by atoms with Crippen molar-refractivity contribution >= 4 is 16.2 Å². The fourth-order valence-corrected chi connectivity index (χ4v) is 4.94. The fourth-order valence-electron chi connectivity index (χ4n) is 3.14. The van der Waals surface area contributed by atoms with Crippen LogP contribution in [0.3, 0.4) is 0 Å². The standard InChI is InChI=1S/C13H25N3O4S/c1-14-9-6-11(7-10-14)15(2)21(19,20)16-8-4-3-5-12(16)13(17)18/h11-12H,3-10H2,1-2H3,(H,17,18). The first-order valence-corrected chi connectivity index (χ1v) is 8.90. The van der Waals surface area contributed by atoms with Gasteiger partial charge in [-0.2, -0.15) is 17.0 Å². The van der Waals surface area contributed by atoms with Crippen LogP contribution in [-0.2, 0) is 15.0 Å². The summed E-state index contributed by atoms with van der Waals surface area (Å²) in [6.07, 6.45) is 3.47. The Morgan fingerprint density at radius 1 is 1.14 bits per heavy atom. The van der Waals surface area contributed by atoms with E-state index in [0.717, 1.165) is 38.8 Å². The molecular formula is C13H25N3O4S. The molecule has 0 aliphatic carbocycles. The maximum absolute atomic E-state index is 12.8. The molecule has 2 fully saturated rings. The molecule has 2 rings (SSSR count). The molecule has 2 aliphatic heterocycles. The number of carbonyl (C=O) groups is 1. The summed E-state index contributed by atoms with van der Waals surface area (Å²) in [6.45, 7) is 2.04.